The summed E-state index contributed by atoms with van der Waals surface area (Å²) < 4.78 is 16.1. The van der Waals surface area contributed by atoms with Crippen LogP contribution >= 0.6 is 0 Å². The lowest BCUT2D eigenvalue weighted by atomic mass is 9.93. The summed E-state index contributed by atoms with van der Waals surface area (Å²) in [6.45, 7) is 0.475. The Morgan fingerprint density at radius 3 is 2.43 bits per heavy atom. The van der Waals surface area contributed by atoms with Gasteiger partial charge in [0.1, 0.15) is 11.9 Å². The van der Waals surface area contributed by atoms with Gasteiger partial charge in [-0.15, -0.1) is 0 Å². The van der Waals surface area contributed by atoms with E-state index in [1.54, 1.807) is 20.4 Å². The van der Waals surface area contributed by atoms with E-state index in [0.717, 1.165) is 37.0 Å². The molecule has 0 bridgehead atoms. The zero-order valence-electron chi connectivity index (χ0n) is 16.2. The molecular weight excluding hydrogens is 360 g/mol. The van der Waals surface area contributed by atoms with Gasteiger partial charge in [0.25, 0.3) is 0 Å². The maximum Gasteiger partial charge on any atom is 0.315 e. The fraction of sp³-hybridized carbons (Fsp3) is 0.450. The number of aromatic nitrogens is 2. The van der Waals surface area contributed by atoms with E-state index in [4.69, 9.17) is 14.2 Å². The van der Waals surface area contributed by atoms with Crippen LogP contribution in [0, 0.1) is 0 Å². The number of carbonyl (C=O) groups is 1. The molecule has 0 unspecified atom stereocenters. The summed E-state index contributed by atoms with van der Waals surface area (Å²) in [5.74, 6) is 1.70. The number of amides is 2. The number of hydrogen-bond acceptors (Lipinski definition) is 6. The lowest BCUT2D eigenvalue weighted by molar-refractivity contribution is 0.133. The molecule has 1 aliphatic carbocycles. The van der Waals surface area contributed by atoms with Crippen LogP contribution in [-0.4, -0.2) is 42.4 Å². The van der Waals surface area contributed by atoms with Gasteiger partial charge < -0.3 is 24.8 Å². The minimum absolute atomic E-state index is 0.0711. The van der Waals surface area contributed by atoms with E-state index in [1.165, 1.54) is 6.20 Å². The molecule has 2 aromatic rings. The van der Waals surface area contributed by atoms with Crippen LogP contribution in [0.3, 0.4) is 0 Å². The van der Waals surface area contributed by atoms with Gasteiger partial charge in [-0.25, -0.2) is 4.79 Å². The Labute approximate surface area is 164 Å². The highest BCUT2D eigenvalue weighted by Gasteiger charge is 2.24. The molecule has 8 heteroatoms. The number of methoxy groups -OCH3 is 2. The summed E-state index contributed by atoms with van der Waals surface area (Å²) >= 11 is 0. The molecule has 0 atom stereocenters. The molecule has 1 heterocycles. The maximum absolute atomic E-state index is 12.1. The lowest BCUT2D eigenvalue weighted by Crippen LogP contribution is -2.44. The van der Waals surface area contributed by atoms with Crippen LogP contribution in [0.15, 0.2) is 36.7 Å². The van der Waals surface area contributed by atoms with Crippen molar-refractivity contribution in [1.29, 1.82) is 0 Å². The van der Waals surface area contributed by atoms with E-state index in [0.29, 0.717) is 18.3 Å². The van der Waals surface area contributed by atoms with Crippen molar-refractivity contribution in [1.82, 2.24) is 20.6 Å². The van der Waals surface area contributed by atoms with Crippen molar-refractivity contribution in [3.05, 3.63) is 42.2 Å². The van der Waals surface area contributed by atoms with Gasteiger partial charge >= 0.3 is 6.03 Å². The Balaban J connectivity index is 1.37. The summed E-state index contributed by atoms with van der Waals surface area (Å²) in [4.78, 5) is 20.4. The minimum Gasteiger partial charge on any atom is -0.497 e. The molecule has 0 saturated heterocycles. The largest absolute Gasteiger partial charge is 0.497 e. The van der Waals surface area contributed by atoms with Crippen molar-refractivity contribution in [3.8, 4) is 17.5 Å². The third-order valence-corrected chi connectivity index (χ3v) is 4.71. The van der Waals surface area contributed by atoms with Crippen molar-refractivity contribution in [3.63, 3.8) is 0 Å². The number of rotatable bonds is 7. The summed E-state index contributed by atoms with van der Waals surface area (Å²) in [6, 6.07) is 7.61. The second kappa shape index (κ2) is 9.77. The first-order valence-electron chi connectivity index (χ1n) is 9.36. The van der Waals surface area contributed by atoms with Crippen LogP contribution < -0.4 is 24.8 Å². The first-order chi connectivity index (χ1) is 13.7. The van der Waals surface area contributed by atoms with Crippen LogP contribution in [0.1, 0.15) is 31.2 Å². The second-order valence-electron chi connectivity index (χ2n) is 6.67. The van der Waals surface area contributed by atoms with Gasteiger partial charge in [-0.3, -0.25) is 4.98 Å². The van der Waals surface area contributed by atoms with E-state index in [-0.39, 0.29) is 18.2 Å². The van der Waals surface area contributed by atoms with Gasteiger partial charge in [0, 0.05) is 12.6 Å². The highest BCUT2D eigenvalue weighted by atomic mass is 16.5. The number of nitrogens with zero attached hydrogens (tertiary/aromatic N) is 2. The molecule has 2 N–H and O–H groups in total. The van der Waals surface area contributed by atoms with Gasteiger partial charge in [-0.1, -0.05) is 12.1 Å². The molecule has 1 aliphatic rings. The van der Waals surface area contributed by atoms with E-state index >= 15 is 0 Å². The van der Waals surface area contributed by atoms with Gasteiger partial charge in [0.15, 0.2) is 0 Å². The quantitative estimate of drug-likeness (QED) is 0.760. The molecule has 0 aliphatic heterocycles. The number of carbonyl (C=O) groups excluding carboxylic acids is 1. The average Bonchev–Trinajstić information content (AvgIpc) is 2.74. The minimum atomic E-state index is -0.154. The molecular formula is C20H26N4O4. The molecule has 3 rings (SSSR count). The van der Waals surface area contributed by atoms with Crippen molar-refractivity contribution in [2.75, 3.05) is 14.2 Å². The van der Waals surface area contributed by atoms with Crippen LogP contribution in [0.25, 0.3) is 0 Å². The van der Waals surface area contributed by atoms with E-state index < -0.39 is 0 Å². The Morgan fingerprint density at radius 2 is 1.75 bits per heavy atom. The Bertz CT molecular complexity index is 761. The third-order valence-electron chi connectivity index (χ3n) is 4.71. The predicted octanol–water partition coefficient (Wildman–Crippen LogP) is 2.68. The molecule has 2 amide bonds. The van der Waals surface area contributed by atoms with Gasteiger partial charge in [-0.05, 0) is 43.4 Å². The Kier molecular flexibility index (Phi) is 6.89. The summed E-state index contributed by atoms with van der Waals surface area (Å²) in [5, 5.41) is 5.93. The van der Waals surface area contributed by atoms with E-state index in [1.807, 2.05) is 24.3 Å². The maximum atomic E-state index is 12.1. The highest BCUT2D eigenvalue weighted by molar-refractivity contribution is 5.74. The van der Waals surface area contributed by atoms with Crippen LogP contribution in [0.4, 0.5) is 4.79 Å². The van der Waals surface area contributed by atoms with Gasteiger partial charge in [0.05, 0.1) is 26.6 Å². The standard InChI is InChI=1S/C20H26N4O4/c1-26-16-7-3-14(4-8-16)11-22-20(25)23-15-5-9-17(10-6-15)28-19-13-21-12-18(24-19)27-2/h3-4,7-8,12-13,15,17H,5-6,9-11H2,1-2H3,(H2,22,23,25). The monoisotopic (exact) mass is 386 g/mol. The SMILES string of the molecule is COc1ccc(CNC(=O)NC2CCC(Oc3cncc(OC)n3)CC2)cc1. The third kappa shape index (κ3) is 5.73. The normalized spacial score (nSPS) is 18.8. The number of benzene rings is 1. The molecule has 0 spiro atoms. The number of hydrogen-bond donors (Lipinski definition) is 2. The summed E-state index contributed by atoms with van der Waals surface area (Å²) in [5.41, 5.74) is 1.02. The molecule has 1 saturated carbocycles. The predicted molar refractivity (Wildman–Crippen MR) is 104 cm³/mol. The first kappa shape index (κ1) is 19.7. The number of ether oxygens (including phenoxy) is 3. The molecule has 1 fully saturated rings. The zero-order chi connectivity index (χ0) is 19.8. The zero-order valence-corrected chi connectivity index (χ0v) is 16.2. The van der Waals surface area contributed by atoms with Crippen molar-refractivity contribution in [2.45, 2.75) is 44.4 Å². The van der Waals surface area contributed by atoms with Crippen LogP contribution in [-0.2, 0) is 6.54 Å². The molecule has 8 nitrogen and oxygen atoms in total. The lowest BCUT2D eigenvalue weighted by Gasteiger charge is -2.29. The fourth-order valence-electron chi connectivity index (χ4n) is 3.14. The van der Waals surface area contributed by atoms with E-state index in [9.17, 15) is 4.79 Å². The van der Waals surface area contributed by atoms with Gasteiger partial charge in [0.2, 0.25) is 11.8 Å². The van der Waals surface area contributed by atoms with Crippen molar-refractivity contribution in [2.24, 2.45) is 0 Å². The molecule has 28 heavy (non-hydrogen) atoms. The van der Waals surface area contributed by atoms with Crippen LogP contribution in [0.2, 0.25) is 0 Å². The first-order valence-corrected chi connectivity index (χ1v) is 9.36. The van der Waals surface area contributed by atoms with E-state index in [2.05, 4.69) is 20.6 Å². The number of nitrogens with one attached hydrogen (secondary N) is 2. The second-order valence-corrected chi connectivity index (χ2v) is 6.67. The van der Waals surface area contributed by atoms with Gasteiger partial charge in [-0.2, -0.15) is 4.98 Å². The highest BCUT2D eigenvalue weighted by Crippen LogP contribution is 2.23. The average molecular weight is 386 g/mol. The van der Waals surface area contributed by atoms with Crippen LogP contribution in [0.5, 0.6) is 17.5 Å². The summed E-state index contributed by atoms with van der Waals surface area (Å²) in [6.07, 6.45) is 6.61. The Morgan fingerprint density at radius 1 is 1.04 bits per heavy atom. The van der Waals surface area contributed by atoms with Crippen molar-refractivity contribution >= 4 is 6.03 Å². The fourth-order valence-corrected chi connectivity index (χ4v) is 3.14. The summed E-state index contributed by atoms with van der Waals surface area (Å²) in [7, 11) is 3.18. The number of urea groups is 1. The topological polar surface area (TPSA) is 94.6 Å². The molecule has 0 radical (unpaired) electrons. The molecule has 150 valence electrons. The Hall–Kier alpha value is -3.03. The molecule has 1 aromatic carbocycles. The van der Waals surface area contributed by atoms with Crippen molar-refractivity contribution < 1.29 is 19.0 Å². The smallest absolute Gasteiger partial charge is 0.315 e. The molecule has 1 aromatic heterocycles.